The number of anilines is 1. The van der Waals surface area contributed by atoms with Gasteiger partial charge >= 0.3 is 0 Å². The molecule has 1 N–H and O–H groups in total. The highest BCUT2D eigenvalue weighted by Crippen LogP contribution is 2.60. The minimum atomic E-state index is 0.122. The average molecular weight is 296 g/mol. The highest BCUT2D eigenvalue weighted by molar-refractivity contribution is 5.32. The van der Waals surface area contributed by atoms with Gasteiger partial charge in [-0.2, -0.15) is 5.10 Å². The summed E-state index contributed by atoms with van der Waals surface area (Å²) in [6.07, 6.45) is 14.6. The van der Waals surface area contributed by atoms with Crippen molar-refractivity contribution in [2.75, 3.05) is 5.32 Å². The molecule has 0 radical (unpaired) electrons. The van der Waals surface area contributed by atoms with Crippen molar-refractivity contribution in [3.05, 3.63) is 31.1 Å². The Labute approximate surface area is 129 Å². The molecular formula is C16H20N6. The van der Waals surface area contributed by atoms with Gasteiger partial charge < -0.3 is 5.32 Å². The number of hydrogen-bond donors (Lipinski definition) is 1. The van der Waals surface area contributed by atoms with E-state index >= 15 is 0 Å². The predicted molar refractivity (Wildman–Crippen MR) is 81.1 cm³/mol. The SMILES string of the molecule is c1cnc(NC23C[C@@H]4C[C@@H](C2)CC(n2cncn2)(C4)C3)nc1. The highest BCUT2D eigenvalue weighted by Gasteiger charge is 2.59. The van der Waals surface area contributed by atoms with Gasteiger partial charge in [0.1, 0.15) is 12.7 Å². The maximum Gasteiger partial charge on any atom is 0.223 e. The molecule has 0 aromatic carbocycles. The minimum absolute atomic E-state index is 0.122. The van der Waals surface area contributed by atoms with Crippen molar-refractivity contribution in [3.8, 4) is 0 Å². The normalized spacial score (nSPS) is 39.1. The van der Waals surface area contributed by atoms with E-state index in [2.05, 4.69) is 30.0 Å². The van der Waals surface area contributed by atoms with E-state index in [-0.39, 0.29) is 11.1 Å². The zero-order valence-corrected chi connectivity index (χ0v) is 12.5. The van der Waals surface area contributed by atoms with Crippen molar-refractivity contribution >= 4 is 5.95 Å². The Morgan fingerprint density at radius 1 is 1.09 bits per heavy atom. The van der Waals surface area contributed by atoms with E-state index in [1.807, 2.05) is 24.8 Å². The second-order valence-electron chi connectivity index (χ2n) is 7.50. The molecule has 2 atom stereocenters. The first-order valence-electron chi connectivity index (χ1n) is 8.16. The summed E-state index contributed by atoms with van der Waals surface area (Å²) < 4.78 is 2.13. The van der Waals surface area contributed by atoms with Crippen LogP contribution in [-0.4, -0.2) is 30.3 Å². The summed E-state index contributed by atoms with van der Waals surface area (Å²) in [6.45, 7) is 0. The third-order valence-electron chi connectivity index (χ3n) is 5.88. The molecule has 6 nitrogen and oxygen atoms in total. The van der Waals surface area contributed by atoms with Crippen molar-refractivity contribution in [3.63, 3.8) is 0 Å². The Balaban J connectivity index is 1.52. The first kappa shape index (κ1) is 12.6. The van der Waals surface area contributed by atoms with Crippen LogP contribution in [0.4, 0.5) is 5.95 Å². The van der Waals surface area contributed by atoms with Gasteiger partial charge in [0.2, 0.25) is 5.95 Å². The summed E-state index contributed by atoms with van der Waals surface area (Å²) in [4.78, 5) is 13.0. The van der Waals surface area contributed by atoms with Gasteiger partial charge in [-0.25, -0.2) is 19.6 Å². The predicted octanol–water partition coefficient (Wildman–Crippen LogP) is 2.23. The lowest BCUT2D eigenvalue weighted by Gasteiger charge is -2.61. The first-order valence-corrected chi connectivity index (χ1v) is 8.16. The topological polar surface area (TPSA) is 68.5 Å². The molecule has 0 spiro atoms. The van der Waals surface area contributed by atoms with Crippen LogP contribution in [0.15, 0.2) is 31.1 Å². The van der Waals surface area contributed by atoms with E-state index in [0.717, 1.165) is 24.2 Å². The third kappa shape index (κ3) is 1.79. The summed E-state index contributed by atoms with van der Waals surface area (Å²) in [5.74, 6) is 2.32. The average Bonchev–Trinajstić information content (AvgIpc) is 3.01. The van der Waals surface area contributed by atoms with Crippen LogP contribution in [0.1, 0.15) is 38.5 Å². The van der Waals surface area contributed by atoms with Gasteiger partial charge in [-0.05, 0) is 56.4 Å². The molecule has 0 saturated heterocycles. The van der Waals surface area contributed by atoms with E-state index < -0.39 is 0 Å². The fourth-order valence-electron chi connectivity index (χ4n) is 5.68. The maximum absolute atomic E-state index is 4.49. The fraction of sp³-hybridized carbons (Fsp3) is 0.625. The van der Waals surface area contributed by atoms with Crippen LogP contribution >= 0.6 is 0 Å². The van der Waals surface area contributed by atoms with Crippen LogP contribution in [0, 0.1) is 11.8 Å². The van der Waals surface area contributed by atoms with Crippen LogP contribution < -0.4 is 5.32 Å². The van der Waals surface area contributed by atoms with Gasteiger partial charge in [-0.1, -0.05) is 0 Å². The molecule has 114 valence electrons. The Bertz CT molecular complexity index is 653. The molecule has 2 aromatic rings. The van der Waals surface area contributed by atoms with Crippen molar-refractivity contribution in [1.82, 2.24) is 24.7 Å². The van der Waals surface area contributed by atoms with Crippen LogP contribution in [-0.2, 0) is 5.54 Å². The van der Waals surface area contributed by atoms with Gasteiger partial charge in [0.25, 0.3) is 0 Å². The standard InChI is InChI=1S/C16H20N6/c1-2-18-14(19-3-1)21-15-5-12-4-13(6-15)8-16(7-12,9-15)22-11-17-10-20-22/h1-3,10-13H,4-9H2,(H,18,19,21)/t12-,13-,15?,16?/m0/s1. The highest BCUT2D eigenvalue weighted by atomic mass is 15.4. The van der Waals surface area contributed by atoms with Crippen LogP contribution in [0.2, 0.25) is 0 Å². The third-order valence-corrected chi connectivity index (χ3v) is 5.88. The molecule has 22 heavy (non-hydrogen) atoms. The number of nitrogens with zero attached hydrogens (tertiary/aromatic N) is 5. The molecule has 4 aliphatic carbocycles. The van der Waals surface area contributed by atoms with E-state index in [4.69, 9.17) is 0 Å². The van der Waals surface area contributed by atoms with Gasteiger partial charge in [0.05, 0.1) is 5.54 Å². The molecule has 2 aromatic heterocycles. The summed E-state index contributed by atoms with van der Waals surface area (Å²) in [7, 11) is 0. The number of aromatic nitrogens is 5. The zero-order valence-electron chi connectivity index (χ0n) is 12.5. The molecule has 6 rings (SSSR count). The number of hydrogen-bond acceptors (Lipinski definition) is 5. The van der Waals surface area contributed by atoms with Crippen LogP contribution in [0.25, 0.3) is 0 Å². The number of nitrogens with one attached hydrogen (secondary N) is 1. The van der Waals surface area contributed by atoms with E-state index in [1.165, 1.54) is 32.1 Å². The van der Waals surface area contributed by atoms with Crippen molar-refractivity contribution in [2.24, 2.45) is 11.8 Å². The molecule has 4 saturated carbocycles. The van der Waals surface area contributed by atoms with Crippen LogP contribution in [0.5, 0.6) is 0 Å². The largest absolute Gasteiger partial charge is 0.349 e. The van der Waals surface area contributed by atoms with Crippen LogP contribution in [0.3, 0.4) is 0 Å². The van der Waals surface area contributed by atoms with Gasteiger partial charge in [-0.3, -0.25) is 0 Å². The Morgan fingerprint density at radius 3 is 2.55 bits per heavy atom. The quantitative estimate of drug-likeness (QED) is 0.940. The monoisotopic (exact) mass is 296 g/mol. The number of rotatable bonds is 3. The molecule has 0 aliphatic heterocycles. The molecule has 4 bridgehead atoms. The second kappa shape index (κ2) is 4.27. The van der Waals surface area contributed by atoms with Crippen molar-refractivity contribution < 1.29 is 0 Å². The lowest BCUT2D eigenvalue weighted by atomic mass is 9.50. The van der Waals surface area contributed by atoms with E-state index in [0.29, 0.717) is 0 Å². The maximum atomic E-state index is 4.49. The van der Waals surface area contributed by atoms with E-state index in [1.54, 1.807) is 6.33 Å². The molecule has 0 unspecified atom stereocenters. The summed E-state index contributed by atoms with van der Waals surface area (Å²) in [5, 5.41) is 8.18. The Kier molecular flexibility index (Phi) is 2.44. The lowest BCUT2D eigenvalue weighted by molar-refractivity contribution is -0.0560. The summed E-state index contributed by atoms with van der Waals surface area (Å²) >= 11 is 0. The van der Waals surface area contributed by atoms with E-state index in [9.17, 15) is 0 Å². The fourth-order valence-corrected chi connectivity index (χ4v) is 5.68. The van der Waals surface area contributed by atoms with Gasteiger partial charge in [-0.15, -0.1) is 0 Å². The van der Waals surface area contributed by atoms with Crippen molar-refractivity contribution in [2.45, 2.75) is 49.6 Å². The minimum Gasteiger partial charge on any atom is -0.349 e. The first-order chi connectivity index (χ1) is 10.8. The summed E-state index contributed by atoms with van der Waals surface area (Å²) in [5.41, 5.74) is 0.264. The molecular weight excluding hydrogens is 276 g/mol. The molecule has 2 heterocycles. The second-order valence-corrected chi connectivity index (χ2v) is 7.50. The summed E-state index contributed by atoms with van der Waals surface area (Å²) in [6, 6.07) is 1.86. The Morgan fingerprint density at radius 2 is 1.86 bits per heavy atom. The molecule has 6 heteroatoms. The molecule has 4 aliphatic rings. The smallest absolute Gasteiger partial charge is 0.223 e. The van der Waals surface area contributed by atoms with Crippen molar-refractivity contribution in [1.29, 1.82) is 0 Å². The molecule has 0 amide bonds. The lowest BCUT2D eigenvalue weighted by Crippen LogP contribution is -2.62. The Hall–Kier alpha value is -1.98. The zero-order chi connectivity index (χ0) is 14.6. The van der Waals surface area contributed by atoms with Gasteiger partial charge in [0, 0.05) is 17.9 Å². The van der Waals surface area contributed by atoms with Gasteiger partial charge in [0.15, 0.2) is 0 Å². The molecule has 4 fully saturated rings.